The molecule has 5 N–H and O–H groups in total. The van der Waals surface area contributed by atoms with Gasteiger partial charge in [-0.25, -0.2) is 14.8 Å². The van der Waals surface area contributed by atoms with Crippen LogP contribution in [-0.4, -0.2) is 14.5 Å². The number of nitrogens with zero attached hydrogens (tertiary/aromatic N) is 4. The molecule has 0 bridgehead atoms. The summed E-state index contributed by atoms with van der Waals surface area (Å²) >= 11 is 0. The summed E-state index contributed by atoms with van der Waals surface area (Å²) in [4.78, 5) is 25.2. The molecule has 0 fully saturated rings. The Balaban J connectivity index is 1.97. The summed E-state index contributed by atoms with van der Waals surface area (Å²) in [6.07, 6.45) is 0.616. The number of fused-ring (bicyclic) bond motifs is 1. The average Bonchev–Trinajstić information content (AvgIpc) is 2.77. The van der Waals surface area contributed by atoms with Crippen LogP contribution in [0.25, 0.3) is 21.3 Å². The molecule has 0 aliphatic carbocycles. The molecular formula is C24H23N7O. The molecule has 8 heteroatoms. The number of hydrogen-bond donors (Lipinski definition) is 3. The first kappa shape index (κ1) is 20.9. The van der Waals surface area contributed by atoms with Crippen molar-refractivity contribution in [2.24, 2.45) is 0 Å². The lowest BCUT2D eigenvalue weighted by Gasteiger charge is -2.24. The van der Waals surface area contributed by atoms with Crippen LogP contribution < -0.4 is 22.3 Å². The molecule has 0 amide bonds. The van der Waals surface area contributed by atoms with Gasteiger partial charge in [-0.1, -0.05) is 43.3 Å². The zero-order valence-corrected chi connectivity index (χ0v) is 17.8. The lowest BCUT2D eigenvalue weighted by atomic mass is 10.0. The van der Waals surface area contributed by atoms with E-state index in [1.165, 1.54) is 0 Å². The van der Waals surface area contributed by atoms with Crippen LogP contribution in [0.5, 0.6) is 0 Å². The number of nitrogen functional groups attached to an aromatic ring is 2. The quantitative estimate of drug-likeness (QED) is 0.409. The molecule has 1 atom stereocenters. The van der Waals surface area contributed by atoms with E-state index in [1.807, 2.05) is 68.4 Å². The molecule has 0 radical (unpaired) electrons. The third-order valence-corrected chi connectivity index (χ3v) is 5.41. The Kier molecular flexibility index (Phi) is 5.48. The van der Waals surface area contributed by atoms with Crippen molar-refractivity contribution >= 4 is 34.0 Å². The molecule has 0 saturated carbocycles. The highest BCUT2D eigenvalue weighted by Crippen LogP contribution is 2.34. The Morgan fingerprint density at radius 3 is 2.56 bits per heavy atom. The molecule has 0 aliphatic rings. The van der Waals surface area contributed by atoms with Gasteiger partial charge in [0.25, 0.3) is 11.2 Å². The van der Waals surface area contributed by atoms with Gasteiger partial charge in [-0.2, -0.15) is 0 Å². The minimum atomic E-state index is -0.345. The summed E-state index contributed by atoms with van der Waals surface area (Å²) in [6.45, 7) is 11.4. The molecule has 2 aromatic heterocycles. The fourth-order valence-corrected chi connectivity index (χ4v) is 3.91. The van der Waals surface area contributed by atoms with Crippen molar-refractivity contribution in [2.45, 2.75) is 26.3 Å². The van der Waals surface area contributed by atoms with Crippen molar-refractivity contribution in [2.75, 3.05) is 16.8 Å². The molecule has 2 heterocycles. The molecule has 160 valence electrons. The van der Waals surface area contributed by atoms with Crippen LogP contribution in [0.15, 0.2) is 59.4 Å². The first-order valence-corrected chi connectivity index (χ1v) is 10.2. The highest BCUT2D eigenvalue weighted by molar-refractivity contribution is 5.86. The van der Waals surface area contributed by atoms with Gasteiger partial charge in [-0.15, -0.1) is 0 Å². The number of nitrogens with two attached hydrogens (primary N) is 2. The maximum absolute atomic E-state index is 13.7. The van der Waals surface area contributed by atoms with E-state index in [2.05, 4.69) is 20.1 Å². The Morgan fingerprint density at radius 2 is 1.88 bits per heavy atom. The number of pyridine rings is 1. The summed E-state index contributed by atoms with van der Waals surface area (Å²) in [7, 11) is 0. The summed E-state index contributed by atoms with van der Waals surface area (Å²) in [5, 5.41) is 4.80. The smallest absolute Gasteiger partial charge is 0.268 e. The highest BCUT2D eigenvalue weighted by Gasteiger charge is 2.22. The summed E-state index contributed by atoms with van der Waals surface area (Å²) in [6, 6.07) is 16.9. The van der Waals surface area contributed by atoms with E-state index in [0.717, 1.165) is 22.3 Å². The van der Waals surface area contributed by atoms with Gasteiger partial charge in [0.05, 0.1) is 18.0 Å². The zero-order valence-electron chi connectivity index (χ0n) is 17.8. The average molecular weight is 425 g/mol. The van der Waals surface area contributed by atoms with Gasteiger partial charge >= 0.3 is 0 Å². The molecule has 0 spiro atoms. The first-order chi connectivity index (χ1) is 15.4. The van der Waals surface area contributed by atoms with E-state index in [1.54, 1.807) is 4.57 Å². The number of aryl methyl sites for hydroxylation is 1. The van der Waals surface area contributed by atoms with E-state index in [0.29, 0.717) is 11.8 Å². The summed E-state index contributed by atoms with van der Waals surface area (Å²) < 4.78 is 1.71. The molecule has 0 unspecified atom stereocenters. The fraction of sp³-hybridized carbons (Fsp3) is 0.167. The molecule has 0 saturated heterocycles. The van der Waals surface area contributed by atoms with Crippen molar-refractivity contribution in [1.82, 2.24) is 14.5 Å². The van der Waals surface area contributed by atoms with Gasteiger partial charge in [-0.05, 0) is 42.5 Å². The van der Waals surface area contributed by atoms with E-state index >= 15 is 0 Å². The number of aromatic nitrogens is 3. The minimum Gasteiger partial charge on any atom is -0.392 e. The third-order valence-electron chi connectivity index (χ3n) is 5.41. The van der Waals surface area contributed by atoms with E-state index in [-0.39, 0.29) is 34.9 Å². The third kappa shape index (κ3) is 3.61. The summed E-state index contributed by atoms with van der Waals surface area (Å²) in [5.41, 5.74) is 14.1. The van der Waals surface area contributed by atoms with Gasteiger partial charge in [0.2, 0.25) is 5.95 Å². The van der Waals surface area contributed by atoms with Crippen molar-refractivity contribution in [1.29, 1.82) is 0 Å². The largest absolute Gasteiger partial charge is 0.392 e. The monoisotopic (exact) mass is 425 g/mol. The molecule has 4 aromatic rings. The molecule has 8 nitrogen and oxygen atoms in total. The van der Waals surface area contributed by atoms with Crippen molar-refractivity contribution < 1.29 is 0 Å². The Morgan fingerprint density at radius 1 is 1.12 bits per heavy atom. The Labute approximate surface area is 185 Å². The number of benzene rings is 2. The summed E-state index contributed by atoms with van der Waals surface area (Å²) in [5.74, 6) is 0.231. The van der Waals surface area contributed by atoms with Crippen LogP contribution >= 0.6 is 0 Å². The van der Waals surface area contributed by atoms with Gasteiger partial charge in [0.1, 0.15) is 11.6 Å². The van der Waals surface area contributed by atoms with Crippen LogP contribution in [0.3, 0.4) is 0 Å². The van der Waals surface area contributed by atoms with Gasteiger partial charge in [0.15, 0.2) is 0 Å². The number of anilines is 3. The number of hydrogen-bond acceptors (Lipinski definition) is 6. The second kappa shape index (κ2) is 8.40. The second-order valence-corrected chi connectivity index (χ2v) is 7.47. The standard InChI is InChI=1S/C24H23N7O/c1-4-17(28-22-20(27-3)21(25)29-24(26)30-22)18-13-15-10-8-9-14(2)19(15)23(32)31(18)16-11-6-5-7-12-16/h5-13,17H,4H2,1-2H3,(H5,25,26,28,29,30)/t17-/m0/s1. The molecule has 2 aromatic carbocycles. The Bertz CT molecular complexity index is 1400. The predicted molar refractivity (Wildman–Crippen MR) is 128 cm³/mol. The van der Waals surface area contributed by atoms with Gasteiger partial charge in [0, 0.05) is 11.4 Å². The van der Waals surface area contributed by atoms with Crippen LogP contribution in [0.2, 0.25) is 0 Å². The van der Waals surface area contributed by atoms with E-state index in [9.17, 15) is 4.79 Å². The van der Waals surface area contributed by atoms with Crippen LogP contribution in [0, 0.1) is 13.5 Å². The first-order valence-electron chi connectivity index (χ1n) is 10.2. The molecule has 4 rings (SSSR count). The van der Waals surface area contributed by atoms with Gasteiger partial charge in [-0.3, -0.25) is 9.36 Å². The van der Waals surface area contributed by atoms with Crippen LogP contribution in [-0.2, 0) is 0 Å². The predicted octanol–water partition coefficient (Wildman–Crippen LogP) is 4.37. The Hall–Kier alpha value is -4.38. The van der Waals surface area contributed by atoms with E-state index < -0.39 is 0 Å². The second-order valence-electron chi connectivity index (χ2n) is 7.47. The number of nitrogens with one attached hydrogen (secondary N) is 1. The van der Waals surface area contributed by atoms with Crippen LogP contribution in [0.1, 0.15) is 30.6 Å². The van der Waals surface area contributed by atoms with E-state index in [4.69, 9.17) is 18.0 Å². The van der Waals surface area contributed by atoms with Crippen molar-refractivity contribution in [3.05, 3.63) is 87.6 Å². The normalized spacial score (nSPS) is 11.8. The topological polar surface area (TPSA) is 116 Å². The maximum atomic E-state index is 13.7. The zero-order chi connectivity index (χ0) is 22.8. The van der Waals surface area contributed by atoms with Crippen LogP contribution in [0.4, 0.5) is 23.3 Å². The highest BCUT2D eigenvalue weighted by atomic mass is 16.1. The maximum Gasteiger partial charge on any atom is 0.268 e. The lowest BCUT2D eigenvalue weighted by molar-refractivity contribution is 0.688. The van der Waals surface area contributed by atoms with Gasteiger partial charge < -0.3 is 16.8 Å². The van der Waals surface area contributed by atoms with Crippen molar-refractivity contribution in [3.63, 3.8) is 0 Å². The fourth-order valence-electron chi connectivity index (χ4n) is 3.91. The molecule has 32 heavy (non-hydrogen) atoms. The van der Waals surface area contributed by atoms with Crippen molar-refractivity contribution in [3.8, 4) is 5.69 Å². The lowest BCUT2D eigenvalue weighted by Crippen LogP contribution is -2.27. The number of rotatable bonds is 5. The minimum absolute atomic E-state index is 0.0134. The molecular weight excluding hydrogens is 402 g/mol. The number of para-hydroxylation sites is 1. The SMILES string of the molecule is [C-]#[N+]c1c(N)nc(N)nc1N[C@@H](CC)c1cc2cccc(C)c2c(=O)n1-c1ccccc1. The molecule has 0 aliphatic heterocycles.